The van der Waals surface area contributed by atoms with Crippen LogP contribution in [0.3, 0.4) is 0 Å². The summed E-state index contributed by atoms with van der Waals surface area (Å²) in [7, 11) is 0. The number of phenolic OH excluding ortho intramolecular Hbond substituents is 1. The molecule has 1 N–H and O–H groups in total. The van der Waals surface area contributed by atoms with E-state index in [0.29, 0.717) is 16.1 Å². The predicted octanol–water partition coefficient (Wildman–Crippen LogP) is 5.50. The number of phenols is 1. The molecular formula is C23H17ClO3. The highest BCUT2D eigenvalue weighted by Gasteiger charge is 2.23. The Kier molecular flexibility index (Phi) is 5.53. The molecule has 3 rings (SSSR count). The van der Waals surface area contributed by atoms with E-state index in [9.17, 15) is 14.7 Å². The summed E-state index contributed by atoms with van der Waals surface area (Å²) in [4.78, 5) is 26.1. The van der Waals surface area contributed by atoms with Crippen molar-refractivity contribution in [2.75, 3.05) is 0 Å². The first-order valence-electron chi connectivity index (χ1n) is 8.37. The second-order valence-electron chi connectivity index (χ2n) is 6.15. The molecule has 0 aliphatic carbocycles. The SMILES string of the molecule is Cc1ccc(C(=O)/C(=C\c2ccc(Cl)cc2)C(=O)c2ccccc2)c(O)c1. The Morgan fingerprint density at radius 3 is 2.19 bits per heavy atom. The first-order chi connectivity index (χ1) is 13.0. The number of ketones is 2. The zero-order valence-corrected chi connectivity index (χ0v) is 15.4. The van der Waals surface area contributed by atoms with Crippen molar-refractivity contribution in [2.24, 2.45) is 0 Å². The molecule has 0 amide bonds. The Hall–Kier alpha value is -3.17. The van der Waals surface area contributed by atoms with Gasteiger partial charge in [0, 0.05) is 10.6 Å². The van der Waals surface area contributed by atoms with Crippen molar-refractivity contribution >= 4 is 29.2 Å². The minimum atomic E-state index is -0.531. The van der Waals surface area contributed by atoms with Crippen LogP contribution in [0.1, 0.15) is 31.8 Å². The lowest BCUT2D eigenvalue weighted by Gasteiger charge is -2.09. The Bertz CT molecular complexity index is 1020. The van der Waals surface area contributed by atoms with E-state index in [1.54, 1.807) is 60.7 Å². The van der Waals surface area contributed by atoms with Crippen molar-refractivity contribution < 1.29 is 14.7 Å². The molecule has 0 heterocycles. The second-order valence-corrected chi connectivity index (χ2v) is 6.59. The maximum atomic E-state index is 13.1. The summed E-state index contributed by atoms with van der Waals surface area (Å²) in [5.41, 5.74) is 1.95. The fourth-order valence-corrected chi connectivity index (χ4v) is 2.81. The molecule has 0 aromatic heterocycles. The molecule has 0 fully saturated rings. The van der Waals surface area contributed by atoms with Gasteiger partial charge in [0.1, 0.15) is 5.75 Å². The molecule has 0 aliphatic rings. The van der Waals surface area contributed by atoms with Gasteiger partial charge in [-0.15, -0.1) is 0 Å². The van der Waals surface area contributed by atoms with E-state index in [0.717, 1.165) is 5.56 Å². The maximum Gasteiger partial charge on any atom is 0.200 e. The fourth-order valence-electron chi connectivity index (χ4n) is 2.68. The van der Waals surface area contributed by atoms with Crippen LogP contribution in [0.15, 0.2) is 78.4 Å². The number of aromatic hydroxyl groups is 1. The number of hydrogen-bond acceptors (Lipinski definition) is 3. The molecule has 0 atom stereocenters. The summed E-state index contributed by atoms with van der Waals surface area (Å²) >= 11 is 5.91. The molecule has 0 bridgehead atoms. The summed E-state index contributed by atoms with van der Waals surface area (Å²) in [6, 6.07) is 20.2. The van der Waals surface area contributed by atoms with Crippen LogP contribution in [-0.4, -0.2) is 16.7 Å². The number of aryl methyl sites for hydroxylation is 1. The van der Waals surface area contributed by atoms with E-state index in [2.05, 4.69) is 0 Å². The Morgan fingerprint density at radius 1 is 0.889 bits per heavy atom. The lowest BCUT2D eigenvalue weighted by molar-refractivity contribution is 0.0963. The third-order valence-corrected chi connectivity index (χ3v) is 4.36. The van der Waals surface area contributed by atoms with E-state index in [1.165, 1.54) is 18.2 Å². The van der Waals surface area contributed by atoms with Crippen LogP contribution in [0.25, 0.3) is 6.08 Å². The molecule has 4 heteroatoms. The number of carbonyl (C=O) groups excluding carboxylic acids is 2. The standard InChI is InChI=1S/C23H17ClO3/c1-15-7-12-19(21(25)13-15)23(27)20(14-16-8-10-18(24)11-9-16)22(26)17-5-3-2-4-6-17/h2-14,25H,1H3/b20-14-. The zero-order chi connectivity index (χ0) is 19.4. The van der Waals surface area contributed by atoms with Gasteiger partial charge in [0.2, 0.25) is 5.78 Å². The van der Waals surface area contributed by atoms with Crippen molar-refractivity contribution in [1.82, 2.24) is 0 Å². The van der Waals surface area contributed by atoms with Gasteiger partial charge in [-0.25, -0.2) is 0 Å². The quantitative estimate of drug-likeness (QED) is 0.277. The van der Waals surface area contributed by atoms with Gasteiger partial charge in [-0.3, -0.25) is 9.59 Å². The van der Waals surface area contributed by atoms with Crippen LogP contribution in [0.5, 0.6) is 5.75 Å². The Balaban J connectivity index is 2.10. The molecule has 3 aromatic rings. The van der Waals surface area contributed by atoms with Gasteiger partial charge < -0.3 is 5.11 Å². The van der Waals surface area contributed by atoms with Crippen LogP contribution in [0.2, 0.25) is 5.02 Å². The topological polar surface area (TPSA) is 54.4 Å². The maximum absolute atomic E-state index is 13.1. The molecule has 3 nitrogen and oxygen atoms in total. The van der Waals surface area contributed by atoms with Crippen LogP contribution in [-0.2, 0) is 0 Å². The first kappa shape index (κ1) is 18.6. The molecule has 0 unspecified atom stereocenters. The van der Waals surface area contributed by atoms with Gasteiger partial charge in [-0.1, -0.05) is 60.1 Å². The van der Waals surface area contributed by atoms with Crippen LogP contribution in [0.4, 0.5) is 0 Å². The zero-order valence-electron chi connectivity index (χ0n) is 14.6. The average molecular weight is 377 g/mol. The molecule has 0 radical (unpaired) electrons. The number of Topliss-reactive ketones (excluding diaryl/α,β-unsaturated/α-hetero) is 2. The predicted molar refractivity (Wildman–Crippen MR) is 107 cm³/mol. The van der Waals surface area contributed by atoms with Gasteiger partial charge in [0.05, 0.1) is 11.1 Å². The van der Waals surface area contributed by atoms with Crippen LogP contribution in [0, 0.1) is 6.92 Å². The minimum absolute atomic E-state index is 0.0253. The number of carbonyl (C=O) groups is 2. The number of rotatable bonds is 5. The molecular weight excluding hydrogens is 360 g/mol. The smallest absolute Gasteiger partial charge is 0.200 e. The molecule has 0 saturated carbocycles. The Labute approximate surface area is 162 Å². The highest BCUT2D eigenvalue weighted by Crippen LogP contribution is 2.25. The van der Waals surface area contributed by atoms with E-state index < -0.39 is 11.6 Å². The van der Waals surface area contributed by atoms with Gasteiger partial charge in [-0.05, 0) is 48.4 Å². The molecule has 0 aliphatic heterocycles. The lowest BCUT2D eigenvalue weighted by Crippen LogP contribution is -2.14. The van der Waals surface area contributed by atoms with E-state index in [-0.39, 0.29) is 16.9 Å². The van der Waals surface area contributed by atoms with Gasteiger partial charge in [0.25, 0.3) is 0 Å². The summed E-state index contributed by atoms with van der Waals surface area (Å²) in [5.74, 6) is -1.09. The van der Waals surface area contributed by atoms with Crippen molar-refractivity contribution in [3.63, 3.8) is 0 Å². The summed E-state index contributed by atoms with van der Waals surface area (Å²) in [6.45, 7) is 1.81. The highest BCUT2D eigenvalue weighted by atomic mass is 35.5. The van der Waals surface area contributed by atoms with Crippen molar-refractivity contribution in [3.05, 3.63) is 106 Å². The Morgan fingerprint density at radius 2 is 1.56 bits per heavy atom. The van der Waals surface area contributed by atoms with E-state index in [1.807, 2.05) is 6.92 Å². The number of halogens is 1. The van der Waals surface area contributed by atoms with Crippen molar-refractivity contribution in [3.8, 4) is 5.75 Å². The number of hydrogen-bond donors (Lipinski definition) is 1. The van der Waals surface area contributed by atoms with Crippen LogP contribution >= 0.6 is 11.6 Å². The van der Waals surface area contributed by atoms with E-state index >= 15 is 0 Å². The first-order valence-corrected chi connectivity index (χ1v) is 8.75. The molecule has 0 spiro atoms. The van der Waals surface area contributed by atoms with Gasteiger partial charge in [-0.2, -0.15) is 0 Å². The van der Waals surface area contributed by atoms with Gasteiger partial charge in [0.15, 0.2) is 5.78 Å². The molecule has 134 valence electrons. The third kappa shape index (κ3) is 4.33. The van der Waals surface area contributed by atoms with Crippen molar-refractivity contribution in [1.29, 1.82) is 0 Å². The molecule has 0 saturated heterocycles. The fraction of sp³-hybridized carbons (Fsp3) is 0.0435. The highest BCUT2D eigenvalue weighted by molar-refractivity contribution is 6.34. The molecule has 27 heavy (non-hydrogen) atoms. The lowest BCUT2D eigenvalue weighted by atomic mass is 9.93. The van der Waals surface area contributed by atoms with Crippen LogP contribution < -0.4 is 0 Å². The number of benzene rings is 3. The normalized spacial score (nSPS) is 11.3. The van der Waals surface area contributed by atoms with E-state index in [4.69, 9.17) is 11.6 Å². The number of allylic oxidation sites excluding steroid dienone is 1. The summed E-state index contributed by atoms with van der Waals surface area (Å²) in [6.07, 6.45) is 1.52. The van der Waals surface area contributed by atoms with Gasteiger partial charge >= 0.3 is 0 Å². The minimum Gasteiger partial charge on any atom is -0.507 e. The third-order valence-electron chi connectivity index (χ3n) is 4.10. The summed E-state index contributed by atoms with van der Waals surface area (Å²) in [5, 5.41) is 10.7. The van der Waals surface area contributed by atoms with Crippen molar-refractivity contribution in [2.45, 2.75) is 6.92 Å². The summed E-state index contributed by atoms with van der Waals surface area (Å²) < 4.78 is 0. The monoisotopic (exact) mass is 376 g/mol. The average Bonchev–Trinajstić information content (AvgIpc) is 2.67. The molecule has 3 aromatic carbocycles. The second kappa shape index (κ2) is 8.02. The largest absolute Gasteiger partial charge is 0.507 e.